The van der Waals surface area contributed by atoms with Gasteiger partial charge in [0.25, 0.3) is 5.91 Å². The summed E-state index contributed by atoms with van der Waals surface area (Å²) in [4.78, 5) is 27.8. The Morgan fingerprint density at radius 2 is 2.11 bits per heavy atom. The molecule has 0 saturated carbocycles. The third-order valence-electron chi connectivity index (χ3n) is 3.67. The Morgan fingerprint density at radius 1 is 1.42 bits per heavy atom. The average Bonchev–Trinajstić information content (AvgIpc) is 2.36. The van der Waals surface area contributed by atoms with Crippen molar-refractivity contribution in [1.82, 2.24) is 15.1 Å². The highest BCUT2D eigenvalue weighted by Gasteiger charge is 2.45. The van der Waals surface area contributed by atoms with Gasteiger partial charge >= 0.3 is 0 Å². The fourth-order valence-corrected chi connectivity index (χ4v) is 2.50. The lowest BCUT2D eigenvalue weighted by Crippen LogP contribution is -2.66. The van der Waals surface area contributed by atoms with Crippen molar-refractivity contribution in [3.63, 3.8) is 0 Å². The van der Waals surface area contributed by atoms with Crippen molar-refractivity contribution in [2.75, 3.05) is 39.8 Å². The summed E-state index contributed by atoms with van der Waals surface area (Å²) in [6.07, 6.45) is -0.464. The van der Waals surface area contributed by atoms with Crippen molar-refractivity contribution in [1.29, 1.82) is 0 Å². The normalized spacial score (nSPS) is 26.9. The van der Waals surface area contributed by atoms with Crippen molar-refractivity contribution in [3.8, 4) is 0 Å². The SMILES string of the molecule is CN1CCN(C(=O)C2CNCCO2)C(C)(C)C1=O.Cl. The molecule has 2 saturated heterocycles. The number of amides is 2. The summed E-state index contributed by atoms with van der Waals surface area (Å²) < 4.78 is 5.47. The molecule has 1 N–H and O–H groups in total. The van der Waals surface area contributed by atoms with E-state index in [0.29, 0.717) is 26.2 Å². The van der Waals surface area contributed by atoms with Crippen LogP contribution in [0.15, 0.2) is 0 Å². The molecule has 2 fully saturated rings. The molecule has 19 heavy (non-hydrogen) atoms. The number of nitrogens with zero attached hydrogens (tertiary/aromatic N) is 2. The second-order valence-corrected chi connectivity index (χ2v) is 5.34. The summed E-state index contributed by atoms with van der Waals surface area (Å²) in [5, 5.41) is 3.13. The van der Waals surface area contributed by atoms with E-state index in [1.54, 1.807) is 30.7 Å². The Morgan fingerprint density at radius 3 is 2.68 bits per heavy atom. The predicted octanol–water partition coefficient (Wildman–Crippen LogP) is -0.524. The highest BCUT2D eigenvalue weighted by atomic mass is 35.5. The first-order valence-electron chi connectivity index (χ1n) is 6.34. The molecule has 2 amide bonds. The van der Waals surface area contributed by atoms with Crippen LogP contribution in [0.25, 0.3) is 0 Å². The van der Waals surface area contributed by atoms with Gasteiger partial charge in [-0.1, -0.05) is 0 Å². The zero-order valence-electron chi connectivity index (χ0n) is 11.6. The minimum Gasteiger partial charge on any atom is -0.366 e. The van der Waals surface area contributed by atoms with E-state index in [1.807, 2.05) is 0 Å². The number of piperazine rings is 1. The van der Waals surface area contributed by atoms with Crippen molar-refractivity contribution in [2.45, 2.75) is 25.5 Å². The van der Waals surface area contributed by atoms with Gasteiger partial charge < -0.3 is 19.9 Å². The second-order valence-electron chi connectivity index (χ2n) is 5.34. The standard InChI is InChI=1S/C12H21N3O3.ClH/c1-12(2)11(17)14(3)5-6-15(12)10(16)9-8-13-4-7-18-9;/h9,13H,4-8H2,1-3H3;1H. The second kappa shape index (κ2) is 6.07. The number of ether oxygens (including phenoxy) is 1. The molecule has 2 aliphatic rings. The average molecular weight is 292 g/mol. The molecule has 2 aliphatic heterocycles. The topological polar surface area (TPSA) is 61.9 Å². The number of hydrogen-bond acceptors (Lipinski definition) is 4. The van der Waals surface area contributed by atoms with Gasteiger partial charge in [0.2, 0.25) is 5.91 Å². The molecule has 110 valence electrons. The van der Waals surface area contributed by atoms with E-state index >= 15 is 0 Å². The van der Waals surface area contributed by atoms with E-state index < -0.39 is 11.6 Å². The minimum atomic E-state index is -0.787. The molecule has 6 nitrogen and oxygen atoms in total. The lowest BCUT2D eigenvalue weighted by molar-refractivity contribution is -0.164. The molecular formula is C12H22ClN3O3. The molecule has 2 rings (SSSR count). The van der Waals surface area contributed by atoms with Crippen LogP contribution in [0.1, 0.15) is 13.8 Å². The van der Waals surface area contributed by atoms with Gasteiger partial charge in [0, 0.05) is 33.2 Å². The number of likely N-dealkylation sites (N-methyl/N-ethyl adjacent to an activating group) is 1. The Bertz CT molecular complexity index is 356. The summed E-state index contributed by atoms with van der Waals surface area (Å²) in [6, 6.07) is 0. The van der Waals surface area contributed by atoms with Gasteiger partial charge in [-0.3, -0.25) is 9.59 Å². The van der Waals surface area contributed by atoms with Crippen LogP contribution in [0, 0.1) is 0 Å². The van der Waals surface area contributed by atoms with Gasteiger partial charge in [0.05, 0.1) is 6.61 Å². The number of carbonyl (C=O) groups excluding carboxylic acids is 2. The van der Waals surface area contributed by atoms with Crippen LogP contribution in [0.2, 0.25) is 0 Å². The van der Waals surface area contributed by atoms with Gasteiger partial charge in [-0.2, -0.15) is 0 Å². The molecule has 0 radical (unpaired) electrons. The highest BCUT2D eigenvalue weighted by Crippen LogP contribution is 2.23. The van der Waals surface area contributed by atoms with E-state index in [0.717, 1.165) is 6.54 Å². The first-order valence-corrected chi connectivity index (χ1v) is 6.34. The van der Waals surface area contributed by atoms with E-state index in [9.17, 15) is 9.59 Å². The third-order valence-corrected chi connectivity index (χ3v) is 3.67. The van der Waals surface area contributed by atoms with Crippen LogP contribution in [0.4, 0.5) is 0 Å². The summed E-state index contributed by atoms with van der Waals surface area (Å²) in [6.45, 7) is 6.56. The number of hydrogen-bond donors (Lipinski definition) is 1. The maximum atomic E-state index is 12.4. The van der Waals surface area contributed by atoms with Gasteiger partial charge in [0.15, 0.2) is 0 Å². The Balaban J connectivity index is 0.00000180. The summed E-state index contributed by atoms with van der Waals surface area (Å²) in [5.74, 6) is -0.112. The third kappa shape index (κ3) is 3.01. The van der Waals surface area contributed by atoms with E-state index in [2.05, 4.69) is 5.32 Å². The maximum absolute atomic E-state index is 12.4. The van der Waals surface area contributed by atoms with Crippen LogP contribution in [0.5, 0.6) is 0 Å². The fourth-order valence-electron chi connectivity index (χ4n) is 2.50. The highest BCUT2D eigenvalue weighted by molar-refractivity contribution is 5.93. The zero-order valence-corrected chi connectivity index (χ0v) is 12.5. The molecule has 2 heterocycles. The monoisotopic (exact) mass is 291 g/mol. The number of morpholine rings is 1. The van der Waals surface area contributed by atoms with Gasteiger partial charge in [-0.15, -0.1) is 12.4 Å². The number of carbonyl (C=O) groups is 2. The number of halogens is 1. The summed E-state index contributed by atoms with van der Waals surface area (Å²) in [5.41, 5.74) is -0.787. The van der Waals surface area contributed by atoms with E-state index in [-0.39, 0.29) is 24.2 Å². The Kier molecular flexibility index (Phi) is 5.18. The van der Waals surface area contributed by atoms with Gasteiger partial charge in [0.1, 0.15) is 11.6 Å². The van der Waals surface area contributed by atoms with Crippen molar-refractivity contribution in [2.24, 2.45) is 0 Å². The summed E-state index contributed by atoms with van der Waals surface area (Å²) in [7, 11) is 1.77. The predicted molar refractivity (Wildman–Crippen MR) is 73.3 cm³/mol. The lowest BCUT2D eigenvalue weighted by atomic mass is 9.97. The van der Waals surface area contributed by atoms with Crippen molar-refractivity contribution < 1.29 is 14.3 Å². The molecule has 0 spiro atoms. The molecule has 1 unspecified atom stereocenters. The van der Waals surface area contributed by atoms with Crippen LogP contribution in [-0.2, 0) is 14.3 Å². The molecule has 7 heteroatoms. The molecule has 0 aliphatic carbocycles. The lowest BCUT2D eigenvalue weighted by Gasteiger charge is -2.46. The smallest absolute Gasteiger partial charge is 0.253 e. The maximum Gasteiger partial charge on any atom is 0.253 e. The Hall–Kier alpha value is -0.850. The van der Waals surface area contributed by atoms with E-state index in [1.165, 1.54) is 0 Å². The first kappa shape index (κ1) is 16.2. The number of nitrogens with one attached hydrogen (secondary N) is 1. The molecule has 0 aromatic heterocycles. The van der Waals surface area contributed by atoms with Gasteiger partial charge in [-0.05, 0) is 13.8 Å². The molecule has 0 bridgehead atoms. The largest absolute Gasteiger partial charge is 0.366 e. The van der Waals surface area contributed by atoms with Gasteiger partial charge in [-0.25, -0.2) is 0 Å². The zero-order chi connectivity index (χ0) is 13.3. The quantitative estimate of drug-likeness (QED) is 0.706. The van der Waals surface area contributed by atoms with Crippen LogP contribution in [0.3, 0.4) is 0 Å². The molecule has 0 aromatic carbocycles. The van der Waals surface area contributed by atoms with Crippen molar-refractivity contribution in [3.05, 3.63) is 0 Å². The molecule has 0 aromatic rings. The van der Waals surface area contributed by atoms with Crippen LogP contribution < -0.4 is 5.32 Å². The summed E-state index contributed by atoms with van der Waals surface area (Å²) >= 11 is 0. The fraction of sp³-hybridized carbons (Fsp3) is 0.833. The molecular weight excluding hydrogens is 270 g/mol. The minimum absolute atomic E-state index is 0. The van der Waals surface area contributed by atoms with E-state index in [4.69, 9.17) is 4.74 Å². The Labute approximate surface area is 119 Å². The van der Waals surface area contributed by atoms with Crippen molar-refractivity contribution >= 4 is 24.2 Å². The molecule has 1 atom stereocenters. The number of rotatable bonds is 1. The van der Waals surface area contributed by atoms with Crippen LogP contribution >= 0.6 is 12.4 Å². The first-order chi connectivity index (χ1) is 8.44. The van der Waals surface area contributed by atoms with Crippen LogP contribution in [-0.4, -0.2) is 73.1 Å².